The number of rotatable bonds is 1. The summed E-state index contributed by atoms with van der Waals surface area (Å²) in [5.41, 5.74) is 8.25. The summed E-state index contributed by atoms with van der Waals surface area (Å²) < 4.78 is 0. The van der Waals surface area contributed by atoms with Crippen molar-refractivity contribution >= 4 is 5.69 Å². The molecule has 0 unspecified atom stereocenters. The Morgan fingerprint density at radius 2 is 1.86 bits per heavy atom. The van der Waals surface area contributed by atoms with E-state index in [4.69, 9.17) is 5.73 Å². The number of nitrogens with zero attached hydrogens (tertiary/aromatic N) is 3. The Hall–Kier alpha value is -1.97. The predicted molar refractivity (Wildman–Crippen MR) is 54.4 cm³/mol. The summed E-state index contributed by atoms with van der Waals surface area (Å²) in [5.74, 6) is 0.657. The van der Waals surface area contributed by atoms with Crippen LogP contribution in [-0.2, 0) is 0 Å². The molecule has 0 atom stereocenters. The van der Waals surface area contributed by atoms with E-state index in [2.05, 4.69) is 15.0 Å². The molecule has 2 rings (SSSR count). The van der Waals surface area contributed by atoms with Gasteiger partial charge in [0.25, 0.3) is 0 Å². The van der Waals surface area contributed by atoms with Crippen molar-refractivity contribution < 1.29 is 0 Å². The van der Waals surface area contributed by atoms with E-state index in [1.165, 1.54) is 0 Å². The molecule has 0 saturated carbocycles. The van der Waals surface area contributed by atoms with Crippen LogP contribution in [0.2, 0.25) is 0 Å². The van der Waals surface area contributed by atoms with Gasteiger partial charge >= 0.3 is 0 Å². The van der Waals surface area contributed by atoms with Gasteiger partial charge in [0.15, 0.2) is 5.82 Å². The molecule has 0 aliphatic rings. The Morgan fingerprint density at radius 3 is 2.57 bits per heavy atom. The van der Waals surface area contributed by atoms with Crippen molar-refractivity contribution in [3.8, 4) is 11.4 Å². The highest BCUT2D eigenvalue weighted by atomic mass is 14.9. The van der Waals surface area contributed by atoms with Gasteiger partial charge in [-0.05, 0) is 18.6 Å². The molecule has 2 N–H and O–H groups in total. The molecule has 0 bridgehead atoms. The molecule has 0 amide bonds. The summed E-state index contributed by atoms with van der Waals surface area (Å²) in [4.78, 5) is 12.3. The topological polar surface area (TPSA) is 64.7 Å². The largest absolute Gasteiger partial charge is 0.397 e. The molecule has 2 aromatic heterocycles. The third kappa shape index (κ3) is 1.42. The standard InChI is InChI=1S/C10H10N4/c1-7-8(5-12-6-9(7)11)10-13-3-2-4-14-10/h2-6H,11H2,1H3. The van der Waals surface area contributed by atoms with Gasteiger partial charge in [-0.2, -0.15) is 0 Å². The maximum atomic E-state index is 5.74. The first-order valence-corrected chi connectivity index (χ1v) is 4.26. The number of nitrogen functional groups attached to an aromatic ring is 1. The molecular formula is C10H10N4. The third-order valence-electron chi connectivity index (χ3n) is 2.06. The fourth-order valence-corrected chi connectivity index (χ4v) is 1.20. The lowest BCUT2D eigenvalue weighted by Crippen LogP contribution is -1.96. The van der Waals surface area contributed by atoms with Crippen molar-refractivity contribution in [1.29, 1.82) is 0 Å². The lowest BCUT2D eigenvalue weighted by Gasteiger charge is -2.04. The van der Waals surface area contributed by atoms with E-state index in [1.807, 2.05) is 6.92 Å². The molecule has 0 aliphatic carbocycles. The molecule has 0 fully saturated rings. The van der Waals surface area contributed by atoms with Crippen LogP contribution in [0.1, 0.15) is 5.56 Å². The Kier molecular flexibility index (Phi) is 2.10. The van der Waals surface area contributed by atoms with Crippen LogP contribution in [0.4, 0.5) is 5.69 Å². The minimum absolute atomic E-state index is 0.657. The van der Waals surface area contributed by atoms with Crippen LogP contribution in [0.5, 0.6) is 0 Å². The first-order chi connectivity index (χ1) is 6.79. The number of nitrogens with two attached hydrogens (primary N) is 1. The summed E-state index contributed by atoms with van der Waals surface area (Å²) in [5, 5.41) is 0. The quantitative estimate of drug-likeness (QED) is 0.731. The second-order valence-corrected chi connectivity index (χ2v) is 2.97. The number of hydrogen-bond donors (Lipinski definition) is 1. The van der Waals surface area contributed by atoms with Crippen molar-refractivity contribution in [3.63, 3.8) is 0 Å². The molecule has 2 aromatic rings. The van der Waals surface area contributed by atoms with E-state index in [-0.39, 0.29) is 0 Å². The number of anilines is 1. The lowest BCUT2D eigenvalue weighted by atomic mass is 10.1. The van der Waals surface area contributed by atoms with E-state index in [9.17, 15) is 0 Å². The summed E-state index contributed by atoms with van der Waals surface area (Å²) in [6.07, 6.45) is 6.75. The van der Waals surface area contributed by atoms with Gasteiger partial charge in [0.1, 0.15) is 0 Å². The van der Waals surface area contributed by atoms with Crippen LogP contribution >= 0.6 is 0 Å². The molecule has 14 heavy (non-hydrogen) atoms. The van der Waals surface area contributed by atoms with Gasteiger partial charge in [-0.3, -0.25) is 4.98 Å². The number of pyridine rings is 1. The molecular weight excluding hydrogens is 176 g/mol. The maximum absolute atomic E-state index is 5.74. The van der Waals surface area contributed by atoms with Crippen LogP contribution in [0, 0.1) is 6.92 Å². The summed E-state index contributed by atoms with van der Waals surface area (Å²) >= 11 is 0. The minimum Gasteiger partial charge on any atom is -0.397 e. The van der Waals surface area contributed by atoms with Gasteiger partial charge in [0.05, 0.1) is 11.9 Å². The second-order valence-electron chi connectivity index (χ2n) is 2.97. The highest BCUT2D eigenvalue weighted by molar-refractivity contribution is 5.65. The predicted octanol–water partition coefficient (Wildman–Crippen LogP) is 1.43. The van der Waals surface area contributed by atoms with Crippen molar-refractivity contribution in [2.24, 2.45) is 0 Å². The second kappa shape index (κ2) is 3.41. The van der Waals surface area contributed by atoms with Gasteiger partial charge in [0.2, 0.25) is 0 Å². The first kappa shape index (κ1) is 8.62. The van der Waals surface area contributed by atoms with E-state index >= 15 is 0 Å². The molecule has 0 aliphatic heterocycles. The van der Waals surface area contributed by atoms with E-state index in [1.54, 1.807) is 30.9 Å². The van der Waals surface area contributed by atoms with Crippen LogP contribution in [0.3, 0.4) is 0 Å². The molecule has 70 valence electrons. The van der Waals surface area contributed by atoms with E-state index in [0.717, 1.165) is 11.1 Å². The maximum Gasteiger partial charge on any atom is 0.161 e. The lowest BCUT2D eigenvalue weighted by molar-refractivity contribution is 1.15. The number of aromatic nitrogens is 3. The minimum atomic E-state index is 0.657. The first-order valence-electron chi connectivity index (χ1n) is 4.26. The Labute approximate surface area is 81.9 Å². The van der Waals surface area contributed by atoms with Crippen molar-refractivity contribution in [3.05, 3.63) is 36.4 Å². The molecule has 0 aromatic carbocycles. The van der Waals surface area contributed by atoms with Crippen molar-refractivity contribution in [2.75, 3.05) is 5.73 Å². The van der Waals surface area contributed by atoms with Crippen LogP contribution in [0.15, 0.2) is 30.9 Å². The fourth-order valence-electron chi connectivity index (χ4n) is 1.20. The molecule has 0 spiro atoms. The fraction of sp³-hybridized carbons (Fsp3) is 0.100. The van der Waals surface area contributed by atoms with Crippen LogP contribution < -0.4 is 5.73 Å². The van der Waals surface area contributed by atoms with Gasteiger partial charge in [-0.25, -0.2) is 9.97 Å². The summed E-state index contributed by atoms with van der Waals surface area (Å²) in [6, 6.07) is 1.78. The number of hydrogen-bond acceptors (Lipinski definition) is 4. The Bertz CT molecular complexity index is 439. The average Bonchev–Trinajstić information content (AvgIpc) is 2.23. The molecule has 4 heteroatoms. The zero-order chi connectivity index (χ0) is 9.97. The van der Waals surface area contributed by atoms with E-state index in [0.29, 0.717) is 11.5 Å². The van der Waals surface area contributed by atoms with E-state index < -0.39 is 0 Å². The monoisotopic (exact) mass is 186 g/mol. The Morgan fingerprint density at radius 1 is 1.14 bits per heavy atom. The highest BCUT2D eigenvalue weighted by Crippen LogP contribution is 2.21. The SMILES string of the molecule is Cc1c(N)cncc1-c1ncccn1. The molecule has 4 nitrogen and oxygen atoms in total. The molecule has 0 radical (unpaired) electrons. The zero-order valence-electron chi connectivity index (χ0n) is 7.81. The average molecular weight is 186 g/mol. The van der Waals surface area contributed by atoms with Gasteiger partial charge in [-0.15, -0.1) is 0 Å². The highest BCUT2D eigenvalue weighted by Gasteiger charge is 2.06. The zero-order valence-corrected chi connectivity index (χ0v) is 7.81. The van der Waals surface area contributed by atoms with Gasteiger partial charge in [0, 0.05) is 24.2 Å². The molecule has 0 saturated heterocycles. The van der Waals surface area contributed by atoms with Crippen LogP contribution in [0.25, 0.3) is 11.4 Å². The van der Waals surface area contributed by atoms with Crippen molar-refractivity contribution in [1.82, 2.24) is 15.0 Å². The Balaban J connectivity index is 2.58. The summed E-state index contributed by atoms with van der Waals surface area (Å²) in [6.45, 7) is 1.93. The normalized spacial score (nSPS) is 10.1. The summed E-state index contributed by atoms with van der Waals surface area (Å²) in [7, 11) is 0. The molecule has 2 heterocycles. The van der Waals surface area contributed by atoms with Crippen LogP contribution in [-0.4, -0.2) is 15.0 Å². The van der Waals surface area contributed by atoms with Gasteiger partial charge < -0.3 is 5.73 Å². The van der Waals surface area contributed by atoms with Crippen molar-refractivity contribution in [2.45, 2.75) is 6.92 Å². The van der Waals surface area contributed by atoms with Gasteiger partial charge in [-0.1, -0.05) is 0 Å². The third-order valence-corrected chi connectivity index (χ3v) is 2.06. The smallest absolute Gasteiger partial charge is 0.161 e.